The molecule has 0 aliphatic heterocycles. The lowest BCUT2D eigenvalue weighted by Crippen LogP contribution is -2.33. The molecule has 0 saturated heterocycles. The number of nitrogens with zero attached hydrogens (tertiary/aromatic N) is 3. The largest absolute Gasteiger partial charge is 0.465 e. The van der Waals surface area contributed by atoms with Gasteiger partial charge in [-0.25, -0.2) is 9.78 Å². The Morgan fingerprint density at radius 1 is 1.48 bits per heavy atom. The van der Waals surface area contributed by atoms with Crippen LogP contribution < -0.4 is 16.9 Å². The molecule has 0 aliphatic carbocycles. The van der Waals surface area contributed by atoms with E-state index in [4.69, 9.17) is 5.73 Å². The van der Waals surface area contributed by atoms with Crippen LogP contribution in [-0.2, 0) is 11.8 Å². The summed E-state index contributed by atoms with van der Waals surface area (Å²) in [5.41, 5.74) is 4.37. The van der Waals surface area contributed by atoms with Crippen LogP contribution in [0.2, 0.25) is 0 Å². The standard InChI is InChI=1S/C11H11N5O4S/c1-16-11(14-7(17)8(18)15-16)21-9-6(12)5(3-4-13-9)10(19)20-2/h3-4H,12H2,1-2H3,(H,15,18). The second-order valence-corrected chi connectivity index (χ2v) is 4.83. The normalized spacial score (nSPS) is 10.4. The van der Waals surface area contributed by atoms with Crippen molar-refractivity contribution in [2.75, 3.05) is 12.8 Å². The molecule has 2 aromatic heterocycles. The number of nitrogens with two attached hydrogens (primary N) is 1. The van der Waals surface area contributed by atoms with Gasteiger partial charge >= 0.3 is 17.1 Å². The van der Waals surface area contributed by atoms with Crippen molar-refractivity contribution in [2.24, 2.45) is 7.05 Å². The highest BCUT2D eigenvalue weighted by Crippen LogP contribution is 2.29. The van der Waals surface area contributed by atoms with Crippen LogP contribution in [0.5, 0.6) is 0 Å². The number of rotatable bonds is 3. The van der Waals surface area contributed by atoms with E-state index in [0.29, 0.717) is 0 Å². The fourth-order valence-electron chi connectivity index (χ4n) is 1.46. The molecule has 0 aromatic carbocycles. The number of aryl methyl sites for hydroxylation is 1. The van der Waals surface area contributed by atoms with Gasteiger partial charge in [0, 0.05) is 13.2 Å². The van der Waals surface area contributed by atoms with Crippen LogP contribution in [0, 0.1) is 0 Å². The molecule has 21 heavy (non-hydrogen) atoms. The number of nitrogens with one attached hydrogen (secondary N) is 1. The van der Waals surface area contributed by atoms with Crippen molar-refractivity contribution in [3.63, 3.8) is 0 Å². The van der Waals surface area contributed by atoms with Gasteiger partial charge in [-0.15, -0.1) is 0 Å². The van der Waals surface area contributed by atoms with Crippen molar-refractivity contribution < 1.29 is 9.53 Å². The number of carbonyl (C=O) groups is 1. The molecule has 0 radical (unpaired) electrons. The number of aromatic nitrogens is 4. The number of nitrogen functional groups attached to an aromatic ring is 1. The van der Waals surface area contributed by atoms with Crippen molar-refractivity contribution in [1.29, 1.82) is 0 Å². The monoisotopic (exact) mass is 309 g/mol. The van der Waals surface area contributed by atoms with Crippen LogP contribution in [0.4, 0.5) is 5.69 Å². The number of pyridine rings is 1. The van der Waals surface area contributed by atoms with Crippen molar-refractivity contribution in [3.05, 3.63) is 38.5 Å². The van der Waals surface area contributed by atoms with Gasteiger partial charge in [-0.2, -0.15) is 4.98 Å². The third-order valence-electron chi connectivity index (χ3n) is 2.49. The van der Waals surface area contributed by atoms with E-state index in [1.54, 1.807) is 0 Å². The molecule has 0 spiro atoms. The molecular weight excluding hydrogens is 298 g/mol. The number of H-pyrrole nitrogens is 1. The lowest BCUT2D eigenvalue weighted by atomic mass is 10.2. The molecule has 10 heteroatoms. The number of hydrogen-bond donors (Lipinski definition) is 2. The highest BCUT2D eigenvalue weighted by molar-refractivity contribution is 7.99. The fourth-order valence-corrected chi connectivity index (χ4v) is 2.28. The molecule has 2 rings (SSSR count). The number of carbonyl (C=O) groups excluding carboxylic acids is 1. The minimum atomic E-state index is -0.918. The first-order chi connectivity index (χ1) is 9.93. The molecule has 0 atom stereocenters. The Labute approximate surface area is 122 Å². The molecule has 0 aliphatic rings. The first-order valence-corrected chi connectivity index (χ1v) is 6.43. The van der Waals surface area contributed by atoms with Crippen LogP contribution in [0.3, 0.4) is 0 Å². The Balaban J connectivity index is 2.46. The average Bonchev–Trinajstić information content (AvgIpc) is 2.46. The van der Waals surface area contributed by atoms with Crippen LogP contribution >= 0.6 is 11.8 Å². The minimum absolute atomic E-state index is 0.106. The predicted octanol–water partition coefficient (Wildman–Crippen LogP) is -0.616. The highest BCUT2D eigenvalue weighted by atomic mass is 32.2. The lowest BCUT2D eigenvalue weighted by Gasteiger charge is -2.09. The van der Waals surface area contributed by atoms with E-state index < -0.39 is 17.1 Å². The number of esters is 1. The smallest absolute Gasteiger partial charge is 0.340 e. The third kappa shape index (κ3) is 2.94. The van der Waals surface area contributed by atoms with Crippen molar-refractivity contribution in [2.45, 2.75) is 10.2 Å². The van der Waals surface area contributed by atoms with Gasteiger partial charge in [0.25, 0.3) is 0 Å². The predicted molar refractivity (Wildman–Crippen MR) is 74.2 cm³/mol. The number of methoxy groups -OCH3 is 1. The first-order valence-electron chi connectivity index (χ1n) is 5.62. The van der Waals surface area contributed by atoms with Gasteiger partial charge in [0.2, 0.25) is 0 Å². The highest BCUT2D eigenvalue weighted by Gasteiger charge is 2.16. The zero-order chi connectivity index (χ0) is 15.6. The molecule has 0 saturated carbocycles. The minimum Gasteiger partial charge on any atom is -0.465 e. The Bertz CT molecular complexity index is 813. The molecule has 2 aromatic rings. The Kier molecular flexibility index (Phi) is 4.08. The average molecular weight is 309 g/mol. The Morgan fingerprint density at radius 3 is 2.86 bits per heavy atom. The third-order valence-corrected chi connectivity index (χ3v) is 3.56. The van der Waals surface area contributed by atoms with Gasteiger partial charge in [-0.05, 0) is 17.8 Å². The molecule has 0 fully saturated rings. The SMILES string of the molecule is COC(=O)c1ccnc(Sc2nc(=O)c(=O)[nH]n2C)c1N. The summed E-state index contributed by atoms with van der Waals surface area (Å²) in [6, 6.07) is 1.42. The van der Waals surface area contributed by atoms with Gasteiger partial charge in [0.1, 0.15) is 5.03 Å². The number of aromatic amines is 1. The molecule has 2 heterocycles. The van der Waals surface area contributed by atoms with E-state index >= 15 is 0 Å². The number of hydrogen-bond acceptors (Lipinski definition) is 8. The summed E-state index contributed by atoms with van der Waals surface area (Å²) in [5.74, 6) is -0.597. The molecule has 0 bridgehead atoms. The van der Waals surface area contributed by atoms with Crippen LogP contribution in [-0.4, -0.2) is 32.8 Å². The van der Waals surface area contributed by atoms with Gasteiger partial charge in [0.15, 0.2) is 5.16 Å². The maximum atomic E-state index is 11.5. The summed E-state index contributed by atoms with van der Waals surface area (Å²) >= 11 is 0.944. The Morgan fingerprint density at radius 2 is 2.19 bits per heavy atom. The molecular formula is C11H11N5O4S. The zero-order valence-electron chi connectivity index (χ0n) is 11.1. The quantitative estimate of drug-likeness (QED) is 0.566. The van der Waals surface area contributed by atoms with Crippen molar-refractivity contribution >= 4 is 23.4 Å². The fraction of sp³-hybridized carbons (Fsp3) is 0.182. The van der Waals surface area contributed by atoms with Crippen LogP contribution in [0.15, 0.2) is 32.0 Å². The summed E-state index contributed by atoms with van der Waals surface area (Å²) < 4.78 is 5.87. The second-order valence-electron chi connectivity index (χ2n) is 3.87. The van der Waals surface area contributed by atoms with E-state index in [0.717, 1.165) is 11.8 Å². The number of ether oxygens (including phenoxy) is 1. The summed E-state index contributed by atoms with van der Waals surface area (Å²) in [6.45, 7) is 0. The van der Waals surface area contributed by atoms with Crippen molar-refractivity contribution in [1.82, 2.24) is 19.7 Å². The van der Waals surface area contributed by atoms with E-state index in [1.807, 2.05) is 0 Å². The van der Waals surface area contributed by atoms with Gasteiger partial charge < -0.3 is 10.5 Å². The summed E-state index contributed by atoms with van der Waals surface area (Å²) in [4.78, 5) is 41.6. The summed E-state index contributed by atoms with van der Waals surface area (Å²) in [5, 5.41) is 2.75. The Hall–Kier alpha value is -2.62. The van der Waals surface area contributed by atoms with E-state index in [9.17, 15) is 14.4 Å². The topological polar surface area (TPSA) is 133 Å². The zero-order valence-corrected chi connectivity index (χ0v) is 11.9. The second kappa shape index (κ2) is 5.79. The first kappa shape index (κ1) is 14.8. The molecule has 0 unspecified atom stereocenters. The van der Waals surface area contributed by atoms with Crippen molar-refractivity contribution in [3.8, 4) is 0 Å². The van der Waals surface area contributed by atoms with Crippen LogP contribution in [0.1, 0.15) is 10.4 Å². The van der Waals surface area contributed by atoms with E-state index in [2.05, 4.69) is 19.8 Å². The van der Waals surface area contributed by atoms with Gasteiger partial charge in [0.05, 0.1) is 18.4 Å². The van der Waals surface area contributed by atoms with E-state index in [-0.39, 0.29) is 21.4 Å². The molecule has 110 valence electrons. The molecule has 0 amide bonds. The van der Waals surface area contributed by atoms with Gasteiger partial charge in [-0.1, -0.05) is 0 Å². The number of anilines is 1. The maximum Gasteiger partial charge on any atom is 0.340 e. The van der Waals surface area contributed by atoms with Gasteiger partial charge in [-0.3, -0.25) is 19.4 Å². The summed E-state index contributed by atoms with van der Waals surface area (Å²) in [6.07, 6.45) is 1.38. The molecule has 3 N–H and O–H groups in total. The maximum absolute atomic E-state index is 11.5. The molecule has 9 nitrogen and oxygen atoms in total. The van der Waals surface area contributed by atoms with Crippen LogP contribution in [0.25, 0.3) is 0 Å². The summed E-state index contributed by atoms with van der Waals surface area (Å²) in [7, 11) is 2.75. The lowest BCUT2D eigenvalue weighted by molar-refractivity contribution is 0.0601. The van der Waals surface area contributed by atoms with E-state index in [1.165, 1.54) is 31.1 Å².